The van der Waals surface area contributed by atoms with Crippen LogP contribution in [0.4, 0.5) is 0 Å². The number of carbonyl (C=O) groups is 2. The van der Waals surface area contributed by atoms with Crippen LogP contribution in [0.25, 0.3) is 0 Å². The SMILES string of the molecule is CCOC(=O)C1(C)CCC(=O)c2c1ncn2C(C)C. The minimum atomic E-state index is -0.806. The zero-order valence-electron chi connectivity index (χ0n) is 11.9. The number of hydrogen-bond donors (Lipinski definition) is 0. The van der Waals surface area contributed by atoms with Crippen molar-refractivity contribution in [3.05, 3.63) is 17.7 Å². The Labute approximate surface area is 113 Å². The van der Waals surface area contributed by atoms with Crippen LogP contribution >= 0.6 is 0 Å². The first-order valence-corrected chi connectivity index (χ1v) is 6.69. The van der Waals surface area contributed by atoms with E-state index in [0.29, 0.717) is 30.8 Å². The van der Waals surface area contributed by atoms with Crippen molar-refractivity contribution in [2.45, 2.75) is 52.0 Å². The lowest BCUT2D eigenvalue weighted by Gasteiger charge is -2.30. The molecule has 0 aromatic carbocycles. The van der Waals surface area contributed by atoms with Gasteiger partial charge in [0.25, 0.3) is 0 Å². The van der Waals surface area contributed by atoms with E-state index in [1.165, 1.54) is 0 Å². The van der Waals surface area contributed by atoms with Crippen LogP contribution in [0.5, 0.6) is 0 Å². The Bertz CT molecular complexity index is 519. The van der Waals surface area contributed by atoms with Gasteiger partial charge in [0.15, 0.2) is 5.78 Å². The summed E-state index contributed by atoms with van der Waals surface area (Å²) in [4.78, 5) is 28.6. The van der Waals surface area contributed by atoms with E-state index in [9.17, 15) is 9.59 Å². The van der Waals surface area contributed by atoms with Gasteiger partial charge in [0.1, 0.15) is 11.1 Å². The summed E-state index contributed by atoms with van der Waals surface area (Å²) in [7, 11) is 0. The number of rotatable bonds is 3. The van der Waals surface area contributed by atoms with E-state index in [1.54, 1.807) is 13.3 Å². The fraction of sp³-hybridized carbons (Fsp3) is 0.643. The molecule has 0 bridgehead atoms. The van der Waals surface area contributed by atoms with Crippen LogP contribution in [0.2, 0.25) is 0 Å². The number of fused-ring (bicyclic) bond motifs is 1. The van der Waals surface area contributed by atoms with E-state index in [1.807, 2.05) is 25.3 Å². The van der Waals surface area contributed by atoms with Gasteiger partial charge in [-0.05, 0) is 34.1 Å². The van der Waals surface area contributed by atoms with Crippen LogP contribution in [-0.4, -0.2) is 27.9 Å². The highest BCUT2D eigenvalue weighted by Gasteiger charge is 2.46. The lowest BCUT2D eigenvalue weighted by molar-refractivity contribution is -0.150. The first-order chi connectivity index (χ1) is 8.91. The number of Topliss-reactive ketones (excluding diaryl/α,β-unsaturated/α-hetero) is 1. The Balaban J connectivity index is 2.52. The molecule has 5 nitrogen and oxygen atoms in total. The first-order valence-electron chi connectivity index (χ1n) is 6.69. The molecule has 0 saturated carbocycles. The lowest BCUT2D eigenvalue weighted by Crippen LogP contribution is -2.40. The van der Waals surface area contributed by atoms with Gasteiger partial charge in [-0.2, -0.15) is 0 Å². The predicted octanol–water partition coefficient (Wildman–Crippen LogP) is 2.26. The van der Waals surface area contributed by atoms with E-state index >= 15 is 0 Å². The van der Waals surface area contributed by atoms with E-state index in [2.05, 4.69) is 4.98 Å². The molecule has 1 unspecified atom stereocenters. The van der Waals surface area contributed by atoms with Gasteiger partial charge < -0.3 is 9.30 Å². The summed E-state index contributed by atoms with van der Waals surface area (Å²) in [6, 6.07) is 0.143. The Hall–Kier alpha value is -1.65. The normalized spacial score (nSPS) is 22.5. The largest absolute Gasteiger partial charge is 0.465 e. The fourth-order valence-corrected chi connectivity index (χ4v) is 2.52. The number of esters is 1. The van der Waals surface area contributed by atoms with Crippen molar-refractivity contribution in [2.75, 3.05) is 6.61 Å². The van der Waals surface area contributed by atoms with Gasteiger partial charge in [-0.1, -0.05) is 0 Å². The second kappa shape index (κ2) is 4.79. The third-order valence-electron chi connectivity index (χ3n) is 3.71. The van der Waals surface area contributed by atoms with Gasteiger partial charge in [-0.15, -0.1) is 0 Å². The molecule has 1 aliphatic rings. The van der Waals surface area contributed by atoms with Crippen molar-refractivity contribution in [1.29, 1.82) is 0 Å². The highest BCUT2D eigenvalue weighted by Crippen LogP contribution is 2.38. The van der Waals surface area contributed by atoms with E-state index < -0.39 is 5.41 Å². The summed E-state index contributed by atoms with van der Waals surface area (Å²) in [5.74, 6) is -0.235. The van der Waals surface area contributed by atoms with E-state index in [0.717, 1.165) is 0 Å². The van der Waals surface area contributed by atoms with Gasteiger partial charge in [-0.25, -0.2) is 4.98 Å². The molecule has 1 heterocycles. The van der Waals surface area contributed by atoms with Crippen LogP contribution in [0.3, 0.4) is 0 Å². The monoisotopic (exact) mass is 264 g/mol. The molecule has 2 rings (SSSR count). The van der Waals surface area contributed by atoms with Gasteiger partial charge in [0.05, 0.1) is 18.6 Å². The summed E-state index contributed by atoms with van der Waals surface area (Å²) < 4.78 is 6.99. The van der Waals surface area contributed by atoms with Crippen molar-refractivity contribution in [1.82, 2.24) is 9.55 Å². The summed E-state index contributed by atoms with van der Waals surface area (Å²) in [5.41, 5.74) is 0.326. The Morgan fingerprint density at radius 3 is 2.84 bits per heavy atom. The average molecular weight is 264 g/mol. The molecule has 104 valence electrons. The molecule has 1 aromatic rings. The lowest BCUT2D eigenvalue weighted by atomic mass is 9.75. The third kappa shape index (κ3) is 2.07. The molecule has 0 saturated heterocycles. The van der Waals surface area contributed by atoms with Gasteiger partial charge in [0.2, 0.25) is 0 Å². The van der Waals surface area contributed by atoms with Crippen molar-refractivity contribution < 1.29 is 14.3 Å². The van der Waals surface area contributed by atoms with Crippen LogP contribution in [0.15, 0.2) is 6.33 Å². The Morgan fingerprint density at radius 1 is 1.58 bits per heavy atom. The van der Waals surface area contributed by atoms with Crippen molar-refractivity contribution >= 4 is 11.8 Å². The maximum atomic E-state index is 12.2. The van der Waals surface area contributed by atoms with Gasteiger partial charge in [-0.3, -0.25) is 9.59 Å². The summed E-state index contributed by atoms with van der Waals surface area (Å²) in [5, 5.41) is 0. The van der Waals surface area contributed by atoms with Crippen molar-refractivity contribution in [3.8, 4) is 0 Å². The summed E-state index contributed by atoms with van der Waals surface area (Å²) in [6.45, 7) is 7.91. The summed E-state index contributed by atoms with van der Waals surface area (Å²) >= 11 is 0. The maximum Gasteiger partial charge on any atom is 0.317 e. The van der Waals surface area contributed by atoms with Gasteiger partial charge >= 0.3 is 5.97 Å². The Morgan fingerprint density at radius 2 is 2.26 bits per heavy atom. The number of aromatic nitrogens is 2. The zero-order chi connectivity index (χ0) is 14.2. The van der Waals surface area contributed by atoms with E-state index in [-0.39, 0.29) is 17.8 Å². The summed E-state index contributed by atoms with van der Waals surface area (Å²) in [6.07, 6.45) is 2.48. The maximum absolute atomic E-state index is 12.2. The highest BCUT2D eigenvalue weighted by molar-refractivity contribution is 6.00. The third-order valence-corrected chi connectivity index (χ3v) is 3.71. The molecule has 0 fully saturated rings. The van der Waals surface area contributed by atoms with Crippen LogP contribution in [0.1, 0.15) is 62.8 Å². The van der Waals surface area contributed by atoms with E-state index in [4.69, 9.17) is 4.74 Å². The average Bonchev–Trinajstić information content (AvgIpc) is 2.80. The number of ether oxygens (including phenoxy) is 1. The smallest absolute Gasteiger partial charge is 0.317 e. The quantitative estimate of drug-likeness (QED) is 0.786. The number of nitrogens with zero attached hydrogens (tertiary/aromatic N) is 2. The first kappa shape index (κ1) is 13.8. The molecule has 1 atom stereocenters. The minimum Gasteiger partial charge on any atom is -0.465 e. The molecule has 19 heavy (non-hydrogen) atoms. The number of ketones is 1. The molecule has 1 aliphatic carbocycles. The molecule has 5 heteroatoms. The van der Waals surface area contributed by atoms with Crippen LogP contribution < -0.4 is 0 Å². The van der Waals surface area contributed by atoms with Crippen molar-refractivity contribution in [3.63, 3.8) is 0 Å². The second-order valence-corrected chi connectivity index (χ2v) is 5.42. The van der Waals surface area contributed by atoms with Gasteiger partial charge in [0, 0.05) is 12.5 Å². The number of hydrogen-bond acceptors (Lipinski definition) is 4. The second-order valence-electron chi connectivity index (χ2n) is 5.42. The predicted molar refractivity (Wildman–Crippen MR) is 70.2 cm³/mol. The molecule has 0 radical (unpaired) electrons. The van der Waals surface area contributed by atoms with Crippen LogP contribution in [0, 0.1) is 0 Å². The molecule has 1 aromatic heterocycles. The Kier molecular flexibility index (Phi) is 3.47. The fourth-order valence-electron chi connectivity index (χ4n) is 2.52. The molecule has 0 spiro atoms. The molecular formula is C14H20N2O3. The molecule has 0 amide bonds. The van der Waals surface area contributed by atoms with Crippen molar-refractivity contribution in [2.24, 2.45) is 0 Å². The standard InChI is InChI=1S/C14H20N2O3/c1-5-19-13(18)14(4)7-6-10(17)11-12(14)15-8-16(11)9(2)3/h8-9H,5-7H2,1-4H3. The minimum absolute atomic E-state index is 0.0583. The molecule has 0 N–H and O–H groups in total. The zero-order valence-corrected chi connectivity index (χ0v) is 11.9. The van der Waals surface area contributed by atoms with Crippen LogP contribution in [-0.2, 0) is 14.9 Å². The number of carbonyl (C=O) groups excluding carboxylic acids is 2. The molecule has 0 aliphatic heterocycles. The highest BCUT2D eigenvalue weighted by atomic mass is 16.5. The molecular weight excluding hydrogens is 244 g/mol. The number of imidazole rings is 1. The topological polar surface area (TPSA) is 61.2 Å².